The number of benzene rings is 1. The fourth-order valence-corrected chi connectivity index (χ4v) is 1.88. The molecule has 0 aliphatic heterocycles. The molecule has 0 bridgehead atoms. The maximum absolute atomic E-state index is 5.92. The molecule has 2 aromatic rings. The van der Waals surface area contributed by atoms with Crippen LogP contribution in [0.2, 0.25) is 0 Å². The number of nitrogen functional groups attached to an aromatic ring is 1. The highest BCUT2D eigenvalue weighted by molar-refractivity contribution is 5.79. The molecule has 104 valence electrons. The smallest absolute Gasteiger partial charge is 0.201 e. The molecule has 2 rings (SSSR count). The number of rotatable bonds is 7. The van der Waals surface area contributed by atoms with Crippen LogP contribution in [0.3, 0.4) is 0 Å². The summed E-state index contributed by atoms with van der Waals surface area (Å²) in [7, 11) is 3.29. The van der Waals surface area contributed by atoms with Crippen LogP contribution in [0.1, 0.15) is 0 Å². The lowest BCUT2D eigenvalue weighted by atomic mass is 10.3. The fourth-order valence-electron chi connectivity index (χ4n) is 1.88. The molecule has 6 heteroatoms. The summed E-state index contributed by atoms with van der Waals surface area (Å²) in [6, 6.07) is 5.69. The molecule has 1 aromatic carbocycles. The van der Waals surface area contributed by atoms with E-state index in [2.05, 4.69) is 4.98 Å². The number of imidazole rings is 1. The van der Waals surface area contributed by atoms with Crippen LogP contribution in [0.4, 0.5) is 5.95 Å². The molecule has 0 saturated carbocycles. The maximum atomic E-state index is 5.92. The summed E-state index contributed by atoms with van der Waals surface area (Å²) in [5.41, 5.74) is 7.72. The van der Waals surface area contributed by atoms with Gasteiger partial charge in [-0.2, -0.15) is 0 Å². The van der Waals surface area contributed by atoms with E-state index in [-0.39, 0.29) is 0 Å². The molecule has 0 unspecified atom stereocenters. The molecule has 0 atom stereocenters. The minimum absolute atomic E-state index is 0.485. The van der Waals surface area contributed by atoms with Crippen LogP contribution in [0, 0.1) is 0 Å². The van der Waals surface area contributed by atoms with Gasteiger partial charge in [0, 0.05) is 19.7 Å². The Balaban J connectivity index is 2.10. The van der Waals surface area contributed by atoms with Crippen LogP contribution < -0.4 is 10.5 Å². The molecule has 0 saturated heterocycles. The summed E-state index contributed by atoms with van der Waals surface area (Å²) >= 11 is 0. The summed E-state index contributed by atoms with van der Waals surface area (Å²) in [4.78, 5) is 4.31. The van der Waals surface area contributed by atoms with Gasteiger partial charge >= 0.3 is 0 Å². The molecule has 1 heterocycles. The van der Waals surface area contributed by atoms with E-state index < -0.39 is 0 Å². The second-order valence-corrected chi connectivity index (χ2v) is 4.08. The number of aromatic nitrogens is 2. The van der Waals surface area contributed by atoms with Crippen molar-refractivity contribution in [2.45, 2.75) is 6.54 Å². The minimum atomic E-state index is 0.485. The highest BCUT2D eigenvalue weighted by Gasteiger charge is 2.08. The second-order valence-electron chi connectivity index (χ2n) is 4.08. The minimum Gasteiger partial charge on any atom is -0.497 e. The Morgan fingerprint density at radius 2 is 2.05 bits per heavy atom. The number of nitrogens with two attached hydrogens (primary N) is 1. The normalized spacial score (nSPS) is 11.1. The zero-order valence-electron chi connectivity index (χ0n) is 11.3. The molecule has 6 nitrogen and oxygen atoms in total. The highest BCUT2D eigenvalue weighted by atomic mass is 16.5. The van der Waals surface area contributed by atoms with E-state index in [0.717, 1.165) is 16.8 Å². The summed E-state index contributed by atoms with van der Waals surface area (Å²) in [6.07, 6.45) is 0. The summed E-state index contributed by atoms with van der Waals surface area (Å²) in [6.45, 7) is 2.38. The van der Waals surface area contributed by atoms with Gasteiger partial charge < -0.3 is 24.5 Å². The Labute approximate surface area is 112 Å². The van der Waals surface area contributed by atoms with Crippen molar-refractivity contribution in [3.8, 4) is 5.75 Å². The predicted octanol–water partition coefficient (Wildman–Crippen LogP) is 1.29. The van der Waals surface area contributed by atoms with Crippen LogP contribution in [0.25, 0.3) is 11.0 Å². The number of methoxy groups -OCH3 is 2. The quantitative estimate of drug-likeness (QED) is 0.764. The van der Waals surface area contributed by atoms with Gasteiger partial charge in [0.1, 0.15) is 5.75 Å². The number of nitrogens with zero attached hydrogens (tertiary/aromatic N) is 2. The molecule has 2 N–H and O–H groups in total. The van der Waals surface area contributed by atoms with E-state index in [4.69, 9.17) is 19.9 Å². The van der Waals surface area contributed by atoms with Crippen LogP contribution >= 0.6 is 0 Å². The van der Waals surface area contributed by atoms with Gasteiger partial charge in [-0.25, -0.2) is 4.98 Å². The maximum Gasteiger partial charge on any atom is 0.201 e. The van der Waals surface area contributed by atoms with Crippen molar-refractivity contribution in [2.24, 2.45) is 0 Å². The van der Waals surface area contributed by atoms with Crippen molar-refractivity contribution in [3.05, 3.63) is 18.2 Å². The fraction of sp³-hybridized carbons (Fsp3) is 0.462. The lowest BCUT2D eigenvalue weighted by molar-refractivity contribution is 0.0671. The van der Waals surface area contributed by atoms with Crippen molar-refractivity contribution in [1.29, 1.82) is 0 Å². The highest BCUT2D eigenvalue weighted by Crippen LogP contribution is 2.22. The number of ether oxygens (including phenoxy) is 3. The van der Waals surface area contributed by atoms with Crippen molar-refractivity contribution in [3.63, 3.8) is 0 Å². The molecule has 0 aliphatic carbocycles. The van der Waals surface area contributed by atoms with E-state index in [1.54, 1.807) is 14.2 Å². The number of fused-ring (bicyclic) bond motifs is 1. The monoisotopic (exact) mass is 265 g/mol. The SMILES string of the molecule is COCCOCCn1c(N)nc2ccc(OC)cc21. The van der Waals surface area contributed by atoms with Gasteiger partial charge in [-0.15, -0.1) is 0 Å². The zero-order valence-corrected chi connectivity index (χ0v) is 11.3. The first-order valence-corrected chi connectivity index (χ1v) is 6.12. The molecule has 0 spiro atoms. The Hall–Kier alpha value is -1.79. The average molecular weight is 265 g/mol. The number of hydrogen-bond acceptors (Lipinski definition) is 5. The first-order valence-electron chi connectivity index (χ1n) is 6.12. The second kappa shape index (κ2) is 6.40. The van der Waals surface area contributed by atoms with E-state index >= 15 is 0 Å². The van der Waals surface area contributed by atoms with Gasteiger partial charge in [0.25, 0.3) is 0 Å². The topological polar surface area (TPSA) is 71.5 Å². The van der Waals surface area contributed by atoms with Crippen LogP contribution in [-0.4, -0.2) is 43.6 Å². The van der Waals surface area contributed by atoms with E-state index in [1.807, 2.05) is 22.8 Å². The molecular formula is C13H19N3O3. The van der Waals surface area contributed by atoms with Crippen molar-refractivity contribution in [1.82, 2.24) is 9.55 Å². The van der Waals surface area contributed by atoms with Gasteiger partial charge in [-0.05, 0) is 12.1 Å². The lowest BCUT2D eigenvalue weighted by Crippen LogP contribution is -2.11. The van der Waals surface area contributed by atoms with E-state index in [1.165, 1.54) is 0 Å². The molecule has 0 radical (unpaired) electrons. The first kappa shape index (κ1) is 13.6. The van der Waals surface area contributed by atoms with Gasteiger partial charge in [0.15, 0.2) is 0 Å². The summed E-state index contributed by atoms with van der Waals surface area (Å²) < 4.78 is 17.5. The van der Waals surface area contributed by atoms with Gasteiger partial charge in [0.05, 0.1) is 38.0 Å². The lowest BCUT2D eigenvalue weighted by Gasteiger charge is -2.08. The van der Waals surface area contributed by atoms with Crippen LogP contribution in [0.15, 0.2) is 18.2 Å². The van der Waals surface area contributed by atoms with Gasteiger partial charge in [0.2, 0.25) is 5.95 Å². The Kier molecular flexibility index (Phi) is 4.59. The molecule has 0 fully saturated rings. The summed E-state index contributed by atoms with van der Waals surface area (Å²) in [5.74, 6) is 1.27. The van der Waals surface area contributed by atoms with E-state index in [9.17, 15) is 0 Å². The third kappa shape index (κ3) is 3.15. The van der Waals surface area contributed by atoms with Crippen LogP contribution in [-0.2, 0) is 16.0 Å². The van der Waals surface area contributed by atoms with Crippen LogP contribution in [0.5, 0.6) is 5.75 Å². The van der Waals surface area contributed by atoms with Crippen molar-refractivity contribution < 1.29 is 14.2 Å². The molecular weight excluding hydrogens is 246 g/mol. The van der Waals surface area contributed by atoms with Crippen molar-refractivity contribution in [2.75, 3.05) is 39.8 Å². The third-order valence-corrected chi connectivity index (χ3v) is 2.88. The molecule has 19 heavy (non-hydrogen) atoms. The number of anilines is 1. The zero-order chi connectivity index (χ0) is 13.7. The van der Waals surface area contributed by atoms with Crippen molar-refractivity contribution >= 4 is 17.0 Å². The first-order chi connectivity index (χ1) is 9.26. The average Bonchev–Trinajstić information content (AvgIpc) is 2.74. The Morgan fingerprint density at radius 1 is 1.21 bits per heavy atom. The number of hydrogen-bond donors (Lipinski definition) is 1. The Morgan fingerprint density at radius 3 is 2.79 bits per heavy atom. The Bertz CT molecular complexity index is 539. The third-order valence-electron chi connectivity index (χ3n) is 2.88. The standard InChI is InChI=1S/C13H19N3O3/c1-17-7-8-19-6-5-16-12-9-10(18-2)3-4-11(12)15-13(16)14/h3-4,9H,5-8H2,1-2H3,(H2,14,15). The molecule has 0 amide bonds. The van der Waals surface area contributed by atoms with Gasteiger partial charge in [-0.1, -0.05) is 0 Å². The van der Waals surface area contributed by atoms with E-state index in [0.29, 0.717) is 32.3 Å². The van der Waals surface area contributed by atoms with Gasteiger partial charge in [-0.3, -0.25) is 0 Å². The molecule has 0 aliphatic rings. The summed E-state index contributed by atoms with van der Waals surface area (Å²) in [5, 5.41) is 0. The molecule has 1 aromatic heterocycles. The largest absolute Gasteiger partial charge is 0.497 e. The predicted molar refractivity (Wildman–Crippen MR) is 73.4 cm³/mol.